The second kappa shape index (κ2) is 8.44. The smallest absolute Gasteiger partial charge is 0.161 e. The number of rotatable bonds is 5. The Balaban J connectivity index is 1.68. The lowest BCUT2D eigenvalue weighted by Gasteiger charge is -2.27. The summed E-state index contributed by atoms with van der Waals surface area (Å²) in [6.45, 7) is 6.50. The summed E-state index contributed by atoms with van der Waals surface area (Å²) < 4.78 is 0. The molecule has 0 radical (unpaired) electrons. The fraction of sp³-hybridized carbons (Fsp3) is 0.231. The number of benzene rings is 2. The highest BCUT2D eigenvalue weighted by Gasteiger charge is 2.21. The molecule has 0 fully saturated rings. The number of allylic oxidation sites excluding steroid dienone is 3. The molecule has 1 heterocycles. The minimum atomic E-state index is 0.551. The van der Waals surface area contributed by atoms with Gasteiger partial charge in [0.2, 0.25) is 0 Å². The predicted octanol–water partition coefficient (Wildman–Crippen LogP) is 6.65. The van der Waals surface area contributed by atoms with Gasteiger partial charge in [-0.15, -0.1) is 0 Å². The van der Waals surface area contributed by atoms with Crippen molar-refractivity contribution in [3.05, 3.63) is 95.3 Å². The highest BCUT2D eigenvalue weighted by molar-refractivity contribution is 5.73. The standard InChI is InChI=1S/C26H27N3/c1-4-20-15-18(2)24(17-23(20)21-11-7-5-8-12-21)28-25-16-19(3)27-26(29-25)22-13-9-6-10-14-22/h5-14,16-17,20H,4,15H2,1-3H3,(H,27,28,29). The van der Waals surface area contributed by atoms with E-state index in [0.717, 1.165) is 41.4 Å². The number of aromatic nitrogens is 2. The number of nitrogens with zero attached hydrogens (tertiary/aromatic N) is 2. The first-order chi connectivity index (χ1) is 14.1. The molecular weight excluding hydrogens is 354 g/mol. The third-order valence-corrected chi connectivity index (χ3v) is 5.50. The zero-order valence-electron chi connectivity index (χ0n) is 17.3. The third-order valence-electron chi connectivity index (χ3n) is 5.50. The van der Waals surface area contributed by atoms with Crippen LogP contribution in [0.5, 0.6) is 0 Å². The first-order valence-electron chi connectivity index (χ1n) is 10.3. The van der Waals surface area contributed by atoms with Crippen molar-refractivity contribution in [2.24, 2.45) is 5.92 Å². The van der Waals surface area contributed by atoms with E-state index in [9.17, 15) is 0 Å². The van der Waals surface area contributed by atoms with Gasteiger partial charge in [0, 0.05) is 23.0 Å². The molecule has 0 saturated carbocycles. The van der Waals surface area contributed by atoms with Crippen LogP contribution in [0, 0.1) is 12.8 Å². The van der Waals surface area contributed by atoms with Gasteiger partial charge in [-0.2, -0.15) is 0 Å². The van der Waals surface area contributed by atoms with E-state index in [0.29, 0.717) is 5.92 Å². The van der Waals surface area contributed by atoms with Crippen molar-refractivity contribution in [2.45, 2.75) is 33.6 Å². The Morgan fingerprint density at radius 1 is 0.897 bits per heavy atom. The van der Waals surface area contributed by atoms with Gasteiger partial charge in [-0.25, -0.2) is 9.97 Å². The molecule has 4 rings (SSSR count). The molecule has 0 amide bonds. The number of nitrogens with one attached hydrogen (secondary N) is 1. The van der Waals surface area contributed by atoms with Crippen LogP contribution in [0.1, 0.15) is 37.9 Å². The van der Waals surface area contributed by atoms with E-state index in [1.165, 1.54) is 16.7 Å². The summed E-state index contributed by atoms with van der Waals surface area (Å²) in [6.07, 6.45) is 4.51. The molecule has 1 atom stereocenters. The van der Waals surface area contributed by atoms with Crippen LogP contribution in [-0.4, -0.2) is 9.97 Å². The normalized spacial score (nSPS) is 16.5. The summed E-state index contributed by atoms with van der Waals surface area (Å²) in [5, 5.41) is 3.58. The van der Waals surface area contributed by atoms with E-state index in [2.05, 4.69) is 60.6 Å². The molecule has 0 aliphatic heterocycles. The third kappa shape index (κ3) is 4.29. The summed E-state index contributed by atoms with van der Waals surface area (Å²) in [5.74, 6) is 2.14. The van der Waals surface area contributed by atoms with Crippen molar-refractivity contribution in [2.75, 3.05) is 5.32 Å². The van der Waals surface area contributed by atoms with E-state index in [-0.39, 0.29) is 0 Å². The second-order valence-electron chi connectivity index (χ2n) is 7.68. The van der Waals surface area contributed by atoms with Crippen LogP contribution < -0.4 is 5.32 Å². The molecule has 1 N–H and O–H groups in total. The maximum Gasteiger partial charge on any atom is 0.161 e. The van der Waals surface area contributed by atoms with Crippen molar-refractivity contribution in [1.29, 1.82) is 0 Å². The zero-order valence-corrected chi connectivity index (χ0v) is 17.3. The second-order valence-corrected chi connectivity index (χ2v) is 7.68. The summed E-state index contributed by atoms with van der Waals surface area (Å²) in [7, 11) is 0. The number of anilines is 1. The molecule has 1 aromatic heterocycles. The van der Waals surface area contributed by atoms with Crippen LogP contribution in [-0.2, 0) is 0 Å². The van der Waals surface area contributed by atoms with Gasteiger partial charge in [-0.05, 0) is 55.4 Å². The molecule has 3 heteroatoms. The molecule has 1 aliphatic carbocycles. The number of hydrogen-bond acceptors (Lipinski definition) is 3. The Morgan fingerprint density at radius 3 is 2.21 bits per heavy atom. The molecule has 146 valence electrons. The van der Waals surface area contributed by atoms with Crippen LogP contribution in [0.25, 0.3) is 17.0 Å². The Kier molecular flexibility index (Phi) is 5.57. The molecule has 1 aliphatic rings. The van der Waals surface area contributed by atoms with Gasteiger partial charge in [0.05, 0.1) is 0 Å². The molecule has 3 aromatic rings. The highest BCUT2D eigenvalue weighted by Crippen LogP contribution is 2.37. The molecular formula is C26H27N3. The van der Waals surface area contributed by atoms with Gasteiger partial charge in [0.1, 0.15) is 5.82 Å². The molecule has 0 spiro atoms. The Bertz CT molecular complexity index is 1050. The Labute approximate surface area is 173 Å². The van der Waals surface area contributed by atoms with Gasteiger partial charge in [-0.1, -0.05) is 67.6 Å². The fourth-order valence-electron chi connectivity index (χ4n) is 3.93. The Morgan fingerprint density at radius 2 is 1.55 bits per heavy atom. The maximum atomic E-state index is 4.78. The molecule has 1 unspecified atom stereocenters. The number of hydrogen-bond donors (Lipinski definition) is 1. The minimum Gasteiger partial charge on any atom is -0.340 e. The summed E-state index contributed by atoms with van der Waals surface area (Å²) in [5.41, 5.74) is 7.19. The fourth-order valence-corrected chi connectivity index (χ4v) is 3.93. The summed E-state index contributed by atoms with van der Waals surface area (Å²) >= 11 is 0. The van der Waals surface area contributed by atoms with Crippen molar-refractivity contribution < 1.29 is 0 Å². The predicted molar refractivity (Wildman–Crippen MR) is 121 cm³/mol. The largest absolute Gasteiger partial charge is 0.340 e. The van der Waals surface area contributed by atoms with Gasteiger partial charge >= 0.3 is 0 Å². The van der Waals surface area contributed by atoms with Crippen LogP contribution in [0.2, 0.25) is 0 Å². The van der Waals surface area contributed by atoms with Gasteiger partial charge in [0.25, 0.3) is 0 Å². The minimum absolute atomic E-state index is 0.551. The lowest BCUT2D eigenvalue weighted by molar-refractivity contribution is 0.628. The van der Waals surface area contributed by atoms with Crippen molar-refractivity contribution in [3.8, 4) is 11.4 Å². The quantitative estimate of drug-likeness (QED) is 0.537. The van der Waals surface area contributed by atoms with E-state index in [1.54, 1.807) is 0 Å². The molecule has 3 nitrogen and oxygen atoms in total. The topological polar surface area (TPSA) is 37.8 Å². The summed E-state index contributed by atoms with van der Waals surface area (Å²) in [4.78, 5) is 9.41. The van der Waals surface area contributed by atoms with Crippen LogP contribution in [0.15, 0.2) is 84.1 Å². The van der Waals surface area contributed by atoms with E-state index >= 15 is 0 Å². The van der Waals surface area contributed by atoms with Gasteiger partial charge < -0.3 is 5.32 Å². The first-order valence-corrected chi connectivity index (χ1v) is 10.3. The monoisotopic (exact) mass is 381 g/mol. The van der Waals surface area contributed by atoms with E-state index in [4.69, 9.17) is 4.98 Å². The van der Waals surface area contributed by atoms with Crippen LogP contribution in [0.4, 0.5) is 5.82 Å². The SMILES string of the molecule is CCC1CC(C)=C(Nc2cc(C)nc(-c3ccccc3)n2)C=C1c1ccccc1. The maximum absolute atomic E-state index is 4.78. The van der Waals surface area contributed by atoms with Gasteiger partial charge in [-0.3, -0.25) is 0 Å². The lowest BCUT2D eigenvalue weighted by Crippen LogP contribution is -2.14. The molecule has 0 bridgehead atoms. The average molecular weight is 382 g/mol. The highest BCUT2D eigenvalue weighted by atomic mass is 15.0. The Hall–Kier alpha value is -3.20. The van der Waals surface area contributed by atoms with Crippen LogP contribution in [0.3, 0.4) is 0 Å². The van der Waals surface area contributed by atoms with Gasteiger partial charge in [0.15, 0.2) is 5.82 Å². The average Bonchev–Trinajstić information content (AvgIpc) is 2.75. The van der Waals surface area contributed by atoms with E-state index < -0.39 is 0 Å². The number of aryl methyl sites for hydroxylation is 1. The van der Waals surface area contributed by atoms with E-state index in [1.807, 2.05) is 43.3 Å². The van der Waals surface area contributed by atoms with Crippen molar-refractivity contribution in [3.63, 3.8) is 0 Å². The lowest BCUT2D eigenvalue weighted by atomic mass is 9.81. The first kappa shape index (κ1) is 19.1. The molecule has 29 heavy (non-hydrogen) atoms. The molecule has 2 aromatic carbocycles. The zero-order chi connectivity index (χ0) is 20.2. The molecule has 0 saturated heterocycles. The van der Waals surface area contributed by atoms with Crippen LogP contribution >= 0.6 is 0 Å². The van der Waals surface area contributed by atoms with Crippen molar-refractivity contribution in [1.82, 2.24) is 9.97 Å². The summed E-state index contributed by atoms with van der Waals surface area (Å²) in [6, 6.07) is 22.8. The van der Waals surface area contributed by atoms with Crippen molar-refractivity contribution >= 4 is 11.4 Å².